The van der Waals surface area contributed by atoms with Crippen molar-refractivity contribution in [2.24, 2.45) is 5.92 Å². The van der Waals surface area contributed by atoms with Gasteiger partial charge in [-0.15, -0.1) is 11.3 Å². The number of ether oxygens (including phenoxy) is 1. The van der Waals surface area contributed by atoms with Crippen molar-refractivity contribution in [1.82, 2.24) is 24.8 Å². The Kier molecular flexibility index (Phi) is 6.16. The zero-order valence-corrected chi connectivity index (χ0v) is 21.3. The maximum absolute atomic E-state index is 13.3. The van der Waals surface area contributed by atoms with Gasteiger partial charge in [-0.1, -0.05) is 0 Å². The lowest BCUT2D eigenvalue weighted by atomic mass is 9.87. The molecular formula is C25H32N6O2S. The number of anilines is 2. The average molecular weight is 481 g/mol. The van der Waals surface area contributed by atoms with Crippen molar-refractivity contribution in [1.29, 1.82) is 0 Å². The van der Waals surface area contributed by atoms with Crippen LogP contribution in [0.1, 0.15) is 34.5 Å². The molecule has 0 bridgehead atoms. The third kappa shape index (κ3) is 4.11. The number of nitrogens with one attached hydrogen (secondary N) is 1. The van der Waals surface area contributed by atoms with Gasteiger partial charge < -0.3 is 19.9 Å². The number of carbonyl (C=O) groups excluding carboxylic acids is 1. The summed E-state index contributed by atoms with van der Waals surface area (Å²) in [6.45, 7) is 5.71. The van der Waals surface area contributed by atoms with Crippen molar-refractivity contribution in [2.75, 3.05) is 39.6 Å². The second-order valence-corrected chi connectivity index (χ2v) is 10.7. The molecule has 4 heterocycles. The highest BCUT2D eigenvalue weighted by atomic mass is 32.1. The number of likely N-dealkylation sites (N-methyl/N-ethyl adjacent to an activating group) is 1. The molecule has 0 radical (unpaired) electrons. The van der Waals surface area contributed by atoms with E-state index < -0.39 is 0 Å². The lowest BCUT2D eigenvalue weighted by Crippen LogP contribution is -2.39. The molecule has 0 spiro atoms. The Hall–Kier alpha value is -2.78. The molecule has 3 aromatic rings. The average Bonchev–Trinajstić information content (AvgIpc) is 3.46. The minimum Gasteiger partial charge on any atom is -0.480 e. The van der Waals surface area contributed by atoms with Crippen LogP contribution in [0, 0.1) is 19.8 Å². The fourth-order valence-electron chi connectivity index (χ4n) is 5.09. The Balaban J connectivity index is 1.41. The van der Waals surface area contributed by atoms with Crippen LogP contribution < -0.4 is 10.1 Å². The number of likely N-dealkylation sites (tertiary alicyclic amines) is 1. The molecule has 0 aromatic carbocycles. The summed E-state index contributed by atoms with van der Waals surface area (Å²) >= 11 is 1.69. The molecule has 1 aliphatic heterocycles. The van der Waals surface area contributed by atoms with Gasteiger partial charge in [0.1, 0.15) is 22.7 Å². The second kappa shape index (κ2) is 9.11. The van der Waals surface area contributed by atoms with Gasteiger partial charge in [-0.25, -0.2) is 15.0 Å². The van der Waals surface area contributed by atoms with E-state index in [-0.39, 0.29) is 5.92 Å². The number of pyridine rings is 1. The van der Waals surface area contributed by atoms with E-state index >= 15 is 0 Å². The number of rotatable bonds is 5. The highest BCUT2D eigenvalue weighted by Gasteiger charge is 2.35. The molecule has 1 N–H and O–H groups in total. The predicted octanol–water partition coefficient (Wildman–Crippen LogP) is 3.72. The highest BCUT2D eigenvalue weighted by Crippen LogP contribution is 2.41. The molecule has 5 rings (SSSR count). The smallest absolute Gasteiger partial charge is 0.237 e. The van der Waals surface area contributed by atoms with Gasteiger partial charge in [0, 0.05) is 35.6 Å². The van der Waals surface area contributed by atoms with Crippen LogP contribution in [0.5, 0.6) is 5.88 Å². The largest absolute Gasteiger partial charge is 0.480 e. The standard InChI is InChI=1S/C25H32N6O2S/c1-14-10-19(23(33-5)28-15(14)2)29-22-21-18-7-6-16(11-20(18)34-24(21)27-13-26-22)25(32)31-9-8-17(12-31)30(3)4/h10,13,16-17H,6-9,11-12H2,1-5H3,(H,26,27,29). The van der Waals surface area contributed by atoms with E-state index in [2.05, 4.69) is 44.2 Å². The number of nitrogens with zero attached hydrogens (tertiary/aromatic N) is 5. The normalized spacial score (nSPS) is 20.1. The molecule has 1 saturated heterocycles. The first-order valence-electron chi connectivity index (χ1n) is 11.9. The van der Waals surface area contributed by atoms with Gasteiger partial charge in [-0.3, -0.25) is 4.79 Å². The number of carbonyl (C=O) groups is 1. The van der Waals surface area contributed by atoms with Gasteiger partial charge in [0.2, 0.25) is 11.8 Å². The quantitative estimate of drug-likeness (QED) is 0.596. The van der Waals surface area contributed by atoms with Gasteiger partial charge in [-0.05, 0) is 70.8 Å². The minimum atomic E-state index is 0.0508. The first-order chi connectivity index (χ1) is 16.4. The summed E-state index contributed by atoms with van der Waals surface area (Å²) in [6, 6.07) is 2.51. The SMILES string of the molecule is COc1nc(C)c(C)cc1Nc1ncnc2sc3c(c12)CCC(C(=O)N1CCC(N(C)C)C1)C3. The van der Waals surface area contributed by atoms with Crippen LogP contribution in [0.3, 0.4) is 0 Å². The van der Waals surface area contributed by atoms with Crippen molar-refractivity contribution in [3.63, 3.8) is 0 Å². The summed E-state index contributed by atoms with van der Waals surface area (Å²) < 4.78 is 5.51. The van der Waals surface area contributed by atoms with Gasteiger partial charge in [0.25, 0.3) is 0 Å². The van der Waals surface area contributed by atoms with Crippen molar-refractivity contribution in [3.05, 3.63) is 34.1 Å². The van der Waals surface area contributed by atoms with Gasteiger partial charge in [-0.2, -0.15) is 0 Å². The molecule has 2 unspecified atom stereocenters. The molecule has 2 atom stereocenters. The number of aromatic nitrogens is 3. The van der Waals surface area contributed by atoms with E-state index in [0.29, 0.717) is 17.8 Å². The Morgan fingerprint density at radius 2 is 2.09 bits per heavy atom. The van der Waals surface area contributed by atoms with Crippen LogP contribution in [0.2, 0.25) is 0 Å². The number of aryl methyl sites for hydroxylation is 3. The van der Waals surface area contributed by atoms with Crippen molar-refractivity contribution < 1.29 is 9.53 Å². The zero-order chi connectivity index (χ0) is 24.0. The molecule has 180 valence electrons. The molecule has 1 aliphatic carbocycles. The Morgan fingerprint density at radius 1 is 1.26 bits per heavy atom. The first kappa shape index (κ1) is 23.0. The second-order valence-electron chi connectivity index (χ2n) is 9.61. The summed E-state index contributed by atoms with van der Waals surface area (Å²) in [6.07, 6.45) is 5.17. The van der Waals surface area contributed by atoms with E-state index in [1.54, 1.807) is 24.8 Å². The number of thiophene rings is 1. The lowest BCUT2D eigenvalue weighted by molar-refractivity contribution is -0.134. The zero-order valence-electron chi connectivity index (χ0n) is 20.5. The fraction of sp³-hybridized carbons (Fsp3) is 0.520. The number of hydrogen-bond donors (Lipinski definition) is 1. The number of fused-ring (bicyclic) bond motifs is 3. The Bertz CT molecular complexity index is 1240. The maximum atomic E-state index is 13.3. The molecule has 0 saturated carbocycles. The van der Waals surface area contributed by atoms with E-state index in [0.717, 1.165) is 71.8 Å². The molecule has 8 nitrogen and oxygen atoms in total. The summed E-state index contributed by atoms with van der Waals surface area (Å²) in [5.74, 6) is 1.67. The van der Waals surface area contributed by atoms with Crippen molar-refractivity contribution in [2.45, 2.75) is 45.6 Å². The molecule has 1 amide bonds. The van der Waals surface area contributed by atoms with Crippen LogP contribution in [0.25, 0.3) is 10.2 Å². The van der Waals surface area contributed by atoms with Crippen LogP contribution >= 0.6 is 11.3 Å². The molecule has 9 heteroatoms. The molecule has 1 fully saturated rings. The molecule has 3 aromatic heterocycles. The van der Waals surface area contributed by atoms with Crippen LogP contribution in [-0.4, -0.2) is 71.0 Å². The van der Waals surface area contributed by atoms with Crippen molar-refractivity contribution in [3.8, 4) is 5.88 Å². The highest BCUT2D eigenvalue weighted by molar-refractivity contribution is 7.19. The summed E-state index contributed by atoms with van der Waals surface area (Å²) in [5.41, 5.74) is 4.09. The van der Waals surface area contributed by atoms with Crippen molar-refractivity contribution >= 4 is 39.0 Å². The van der Waals surface area contributed by atoms with E-state index in [1.165, 1.54) is 10.4 Å². The van der Waals surface area contributed by atoms with Crippen LogP contribution in [0.15, 0.2) is 12.4 Å². The maximum Gasteiger partial charge on any atom is 0.237 e. The van der Waals surface area contributed by atoms with Crippen LogP contribution in [-0.2, 0) is 17.6 Å². The third-order valence-corrected chi connectivity index (χ3v) is 8.44. The summed E-state index contributed by atoms with van der Waals surface area (Å²) in [4.78, 5) is 33.5. The Labute approximate surface area is 204 Å². The monoisotopic (exact) mass is 480 g/mol. The van der Waals surface area contributed by atoms with E-state index in [1.807, 2.05) is 19.9 Å². The first-order valence-corrected chi connectivity index (χ1v) is 12.7. The molecule has 2 aliphatic rings. The number of methoxy groups -OCH3 is 1. The van der Waals surface area contributed by atoms with Gasteiger partial charge in [0.15, 0.2) is 0 Å². The fourth-order valence-corrected chi connectivity index (χ4v) is 6.36. The third-order valence-electron chi connectivity index (χ3n) is 7.28. The van der Waals surface area contributed by atoms with E-state index in [4.69, 9.17) is 4.74 Å². The van der Waals surface area contributed by atoms with Crippen LogP contribution in [0.4, 0.5) is 11.5 Å². The van der Waals surface area contributed by atoms with Gasteiger partial charge >= 0.3 is 0 Å². The summed E-state index contributed by atoms with van der Waals surface area (Å²) in [5, 5.41) is 4.51. The predicted molar refractivity (Wildman–Crippen MR) is 135 cm³/mol. The summed E-state index contributed by atoms with van der Waals surface area (Å²) in [7, 11) is 5.82. The van der Waals surface area contributed by atoms with Gasteiger partial charge in [0.05, 0.1) is 12.5 Å². The van der Waals surface area contributed by atoms with E-state index in [9.17, 15) is 4.79 Å². The lowest BCUT2D eigenvalue weighted by Gasteiger charge is -2.27. The topological polar surface area (TPSA) is 83.5 Å². The molecule has 34 heavy (non-hydrogen) atoms. The Morgan fingerprint density at radius 3 is 2.82 bits per heavy atom. The molecular weight excluding hydrogens is 448 g/mol. The minimum absolute atomic E-state index is 0.0508. The number of amides is 1. The number of hydrogen-bond acceptors (Lipinski definition) is 8.